The maximum Gasteiger partial charge on any atom is 0.0361 e. The van der Waals surface area contributed by atoms with Crippen molar-refractivity contribution in [3.63, 3.8) is 0 Å². The van der Waals surface area contributed by atoms with Gasteiger partial charge in [-0.05, 0) is 48.6 Å². The first kappa shape index (κ1) is 15.7. The number of nitrogens with one attached hydrogen (secondary N) is 1. The van der Waals surface area contributed by atoms with Crippen molar-refractivity contribution >= 4 is 0 Å². The Morgan fingerprint density at radius 2 is 1.90 bits per heavy atom. The minimum Gasteiger partial charge on any atom is -0.310 e. The summed E-state index contributed by atoms with van der Waals surface area (Å²) in [5, 5.41) is 3.68. The second-order valence-corrected chi connectivity index (χ2v) is 5.57. The second kappa shape index (κ2) is 8.58. The lowest BCUT2D eigenvalue weighted by atomic mass is 9.97. The van der Waals surface area contributed by atoms with Crippen LogP contribution in [0.2, 0.25) is 0 Å². The lowest BCUT2D eigenvalue weighted by Crippen LogP contribution is -2.24. The van der Waals surface area contributed by atoms with E-state index in [1.54, 1.807) is 0 Å². The zero-order valence-electron chi connectivity index (χ0n) is 13.2. The topological polar surface area (TPSA) is 24.9 Å². The fourth-order valence-corrected chi connectivity index (χ4v) is 2.64. The number of aromatic nitrogens is 1. The zero-order chi connectivity index (χ0) is 14.9. The van der Waals surface area contributed by atoms with E-state index in [1.807, 2.05) is 18.5 Å². The molecule has 0 amide bonds. The monoisotopic (exact) mass is 282 g/mol. The van der Waals surface area contributed by atoms with E-state index >= 15 is 0 Å². The van der Waals surface area contributed by atoms with Crippen molar-refractivity contribution < 1.29 is 0 Å². The predicted molar refractivity (Wildman–Crippen MR) is 89.4 cm³/mol. The third kappa shape index (κ3) is 4.98. The minimum atomic E-state index is 0.367. The molecule has 1 atom stereocenters. The smallest absolute Gasteiger partial charge is 0.0361 e. The van der Waals surface area contributed by atoms with Gasteiger partial charge in [-0.2, -0.15) is 0 Å². The molecule has 2 aromatic rings. The Labute approximate surface area is 128 Å². The van der Waals surface area contributed by atoms with Crippen LogP contribution in [-0.2, 0) is 12.8 Å². The number of pyridine rings is 1. The molecule has 1 heterocycles. The van der Waals surface area contributed by atoms with Crippen LogP contribution in [-0.4, -0.2) is 11.5 Å². The van der Waals surface area contributed by atoms with Gasteiger partial charge in [0.25, 0.3) is 0 Å². The van der Waals surface area contributed by atoms with Crippen LogP contribution in [0.3, 0.4) is 0 Å². The Kier molecular flexibility index (Phi) is 6.42. The van der Waals surface area contributed by atoms with E-state index in [1.165, 1.54) is 23.1 Å². The van der Waals surface area contributed by atoms with Gasteiger partial charge in [0.2, 0.25) is 0 Å². The molecule has 21 heavy (non-hydrogen) atoms. The number of hydrogen-bond acceptors (Lipinski definition) is 2. The largest absolute Gasteiger partial charge is 0.310 e. The summed E-state index contributed by atoms with van der Waals surface area (Å²) < 4.78 is 0. The van der Waals surface area contributed by atoms with Crippen LogP contribution in [0.5, 0.6) is 0 Å². The van der Waals surface area contributed by atoms with Gasteiger partial charge in [-0.25, -0.2) is 0 Å². The van der Waals surface area contributed by atoms with E-state index in [-0.39, 0.29) is 0 Å². The van der Waals surface area contributed by atoms with Gasteiger partial charge in [-0.15, -0.1) is 0 Å². The Morgan fingerprint density at radius 3 is 2.62 bits per heavy atom. The van der Waals surface area contributed by atoms with Crippen molar-refractivity contribution in [1.29, 1.82) is 0 Å². The van der Waals surface area contributed by atoms with Gasteiger partial charge >= 0.3 is 0 Å². The van der Waals surface area contributed by atoms with Crippen LogP contribution in [0.1, 0.15) is 49.4 Å². The summed E-state index contributed by atoms with van der Waals surface area (Å²) in [6.45, 7) is 5.49. The molecule has 1 unspecified atom stereocenters. The second-order valence-electron chi connectivity index (χ2n) is 5.57. The Balaban J connectivity index is 2.16. The molecule has 1 aromatic heterocycles. The van der Waals surface area contributed by atoms with E-state index < -0.39 is 0 Å². The molecular weight excluding hydrogens is 256 g/mol. The van der Waals surface area contributed by atoms with E-state index in [2.05, 4.69) is 54.5 Å². The molecule has 0 fully saturated rings. The highest BCUT2D eigenvalue weighted by Crippen LogP contribution is 2.20. The van der Waals surface area contributed by atoms with Gasteiger partial charge in [-0.3, -0.25) is 4.98 Å². The zero-order valence-corrected chi connectivity index (χ0v) is 13.2. The van der Waals surface area contributed by atoms with Crippen molar-refractivity contribution in [2.24, 2.45) is 0 Å². The van der Waals surface area contributed by atoms with Crippen LogP contribution < -0.4 is 5.32 Å². The summed E-state index contributed by atoms with van der Waals surface area (Å²) in [7, 11) is 0. The van der Waals surface area contributed by atoms with Gasteiger partial charge in [0, 0.05) is 18.4 Å². The van der Waals surface area contributed by atoms with Crippen molar-refractivity contribution in [3.8, 4) is 0 Å². The first-order chi connectivity index (χ1) is 10.3. The van der Waals surface area contributed by atoms with Gasteiger partial charge in [0.05, 0.1) is 0 Å². The lowest BCUT2D eigenvalue weighted by molar-refractivity contribution is 0.528. The third-order valence-corrected chi connectivity index (χ3v) is 3.70. The molecule has 2 rings (SSSR count). The molecule has 1 aromatic carbocycles. The van der Waals surface area contributed by atoms with Crippen molar-refractivity contribution in [2.75, 3.05) is 6.54 Å². The Morgan fingerprint density at radius 1 is 1.05 bits per heavy atom. The first-order valence-corrected chi connectivity index (χ1v) is 8.04. The van der Waals surface area contributed by atoms with E-state index in [9.17, 15) is 0 Å². The maximum atomic E-state index is 4.23. The molecule has 2 heteroatoms. The third-order valence-electron chi connectivity index (χ3n) is 3.70. The minimum absolute atomic E-state index is 0.367. The lowest BCUT2D eigenvalue weighted by Gasteiger charge is -2.20. The van der Waals surface area contributed by atoms with E-state index in [4.69, 9.17) is 0 Å². The van der Waals surface area contributed by atoms with Crippen LogP contribution in [0.15, 0.2) is 48.8 Å². The summed E-state index contributed by atoms with van der Waals surface area (Å²) >= 11 is 0. The molecule has 0 spiro atoms. The van der Waals surface area contributed by atoms with Crippen molar-refractivity contribution in [1.82, 2.24) is 10.3 Å². The molecule has 0 radical (unpaired) electrons. The molecule has 0 aliphatic heterocycles. The molecule has 0 aliphatic rings. The van der Waals surface area contributed by atoms with Crippen LogP contribution in [0, 0.1) is 0 Å². The predicted octanol–water partition coefficient (Wildman–Crippen LogP) is 4.32. The average Bonchev–Trinajstić information content (AvgIpc) is 2.53. The standard InChI is InChI=1S/C19H26N2/c1-3-7-16-8-5-10-18(13-16)19(21-11-4-2)14-17-9-6-12-20-15-17/h5-6,8-10,12-13,15,19,21H,3-4,7,11,14H2,1-2H3. The molecule has 2 nitrogen and oxygen atoms in total. The highest BCUT2D eigenvalue weighted by atomic mass is 14.9. The van der Waals surface area contributed by atoms with Gasteiger partial charge in [0.15, 0.2) is 0 Å². The molecule has 0 bridgehead atoms. The normalized spacial score (nSPS) is 12.3. The van der Waals surface area contributed by atoms with Gasteiger partial charge < -0.3 is 5.32 Å². The Bertz CT molecular complexity index is 522. The van der Waals surface area contributed by atoms with Crippen LogP contribution in [0.25, 0.3) is 0 Å². The summed E-state index contributed by atoms with van der Waals surface area (Å²) in [5.74, 6) is 0. The highest BCUT2D eigenvalue weighted by Gasteiger charge is 2.12. The van der Waals surface area contributed by atoms with Gasteiger partial charge in [-0.1, -0.05) is 50.6 Å². The quantitative estimate of drug-likeness (QED) is 0.780. The molecule has 1 N–H and O–H groups in total. The van der Waals surface area contributed by atoms with E-state index in [0.29, 0.717) is 6.04 Å². The highest BCUT2D eigenvalue weighted by molar-refractivity contribution is 5.28. The van der Waals surface area contributed by atoms with E-state index in [0.717, 1.165) is 25.8 Å². The van der Waals surface area contributed by atoms with Crippen molar-refractivity contribution in [2.45, 2.75) is 45.6 Å². The SMILES string of the molecule is CCCNC(Cc1cccnc1)c1cccc(CCC)c1. The van der Waals surface area contributed by atoms with Gasteiger partial charge in [0.1, 0.15) is 0 Å². The fourth-order valence-electron chi connectivity index (χ4n) is 2.64. The number of rotatable bonds is 8. The summed E-state index contributed by atoms with van der Waals surface area (Å²) in [4.78, 5) is 4.23. The fraction of sp³-hybridized carbons (Fsp3) is 0.421. The number of aryl methyl sites for hydroxylation is 1. The average molecular weight is 282 g/mol. The summed E-state index contributed by atoms with van der Waals surface area (Å²) in [5.41, 5.74) is 4.11. The molecule has 0 saturated carbocycles. The van der Waals surface area contributed by atoms with Crippen LogP contribution in [0.4, 0.5) is 0 Å². The number of benzene rings is 1. The maximum absolute atomic E-state index is 4.23. The first-order valence-electron chi connectivity index (χ1n) is 8.04. The molecular formula is C19H26N2. The summed E-state index contributed by atoms with van der Waals surface area (Å²) in [6.07, 6.45) is 8.29. The molecule has 112 valence electrons. The summed E-state index contributed by atoms with van der Waals surface area (Å²) in [6, 6.07) is 13.5. The van der Waals surface area contributed by atoms with Crippen LogP contribution >= 0.6 is 0 Å². The Hall–Kier alpha value is -1.67. The number of hydrogen-bond donors (Lipinski definition) is 1. The molecule has 0 aliphatic carbocycles. The van der Waals surface area contributed by atoms with Crippen molar-refractivity contribution in [3.05, 3.63) is 65.5 Å². The number of nitrogens with zero attached hydrogens (tertiary/aromatic N) is 1. The molecule has 0 saturated heterocycles.